The van der Waals surface area contributed by atoms with Crippen molar-refractivity contribution in [2.75, 3.05) is 23.7 Å². The molecule has 1 aliphatic heterocycles. The second kappa shape index (κ2) is 11.1. The summed E-state index contributed by atoms with van der Waals surface area (Å²) in [7, 11) is 0. The number of anilines is 3. The van der Waals surface area contributed by atoms with E-state index < -0.39 is 17.5 Å². The first-order valence-electron chi connectivity index (χ1n) is 13.0. The normalized spacial score (nSPS) is 14.1. The Morgan fingerprint density at radius 3 is 2.83 bits per heavy atom. The number of nitrogens with one attached hydrogen (secondary N) is 2. The second-order valence-corrected chi connectivity index (χ2v) is 10.9. The average molecular weight is 565 g/mol. The molecule has 0 unspecified atom stereocenters. The lowest BCUT2D eigenvalue weighted by Gasteiger charge is -2.22. The van der Waals surface area contributed by atoms with Crippen LogP contribution in [0.25, 0.3) is 16.9 Å². The molecule has 4 aromatic heterocycles. The Kier molecular flexibility index (Phi) is 7.22. The van der Waals surface area contributed by atoms with Gasteiger partial charge in [-0.2, -0.15) is 5.10 Å². The maximum absolute atomic E-state index is 13.9. The number of nitrogens with zero attached hydrogens (tertiary/aromatic N) is 7. The average Bonchev–Trinajstić information content (AvgIpc) is 3.68. The fourth-order valence-electron chi connectivity index (χ4n) is 4.82. The fraction of sp³-hybridized carbons (Fsp3) is 0.296. The van der Waals surface area contributed by atoms with Crippen molar-refractivity contribution in [1.29, 1.82) is 0 Å². The van der Waals surface area contributed by atoms with Gasteiger partial charge < -0.3 is 10.6 Å². The summed E-state index contributed by atoms with van der Waals surface area (Å²) in [5, 5.41) is 11.1. The van der Waals surface area contributed by atoms with Gasteiger partial charge in [-0.15, -0.1) is 3.96 Å². The molecule has 0 aliphatic carbocycles. The number of piperidine rings is 1. The van der Waals surface area contributed by atoms with Crippen LogP contribution >= 0.6 is 11.5 Å². The summed E-state index contributed by atoms with van der Waals surface area (Å²) in [4.78, 5) is 24.2. The molecular weight excluding hydrogens is 536 g/mol. The lowest BCUT2D eigenvalue weighted by molar-refractivity contribution is -0.651. The van der Waals surface area contributed by atoms with E-state index >= 15 is 0 Å². The second-order valence-electron chi connectivity index (χ2n) is 9.78. The van der Waals surface area contributed by atoms with Crippen molar-refractivity contribution in [2.24, 2.45) is 0 Å². The minimum absolute atomic E-state index is 0.171. The Bertz CT molecular complexity index is 1670. The summed E-state index contributed by atoms with van der Waals surface area (Å²) in [6.07, 6.45) is 12.9. The number of imidazole rings is 1. The van der Waals surface area contributed by atoms with E-state index in [2.05, 4.69) is 40.8 Å². The molecule has 0 radical (unpaired) electrons. The number of amides is 1. The molecule has 0 spiro atoms. The van der Waals surface area contributed by atoms with Crippen LogP contribution < -0.4 is 14.6 Å². The molecule has 1 fully saturated rings. The van der Waals surface area contributed by atoms with Gasteiger partial charge >= 0.3 is 0 Å². The summed E-state index contributed by atoms with van der Waals surface area (Å²) in [6, 6.07) is 5.67. The molecule has 6 rings (SSSR count). The Labute approximate surface area is 233 Å². The number of fused-ring (bicyclic) bond motifs is 1. The van der Waals surface area contributed by atoms with E-state index in [-0.39, 0.29) is 12.2 Å². The number of carbonyl (C=O) groups is 1. The standard InChI is InChI=1S/C27H27F2N9OS/c1-18-14-38-22(19-12-31-36(15-19)16-23(39)33-21-7-5-6-20(28)25(21)29)13-30-27(38)26(32-18)34-24-8-11-37(40-24)17-35-9-3-2-4-10-35/h5-8,11-15H,2-4,9-10,16-17H2,1H3,(H,33,39)/p+1. The minimum Gasteiger partial charge on any atom is -0.324 e. The number of hydrogen-bond donors (Lipinski definition) is 2. The molecule has 1 aliphatic rings. The van der Waals surface area contributed by atoms with Gasteiger partial charge in [0.1, 0.15) is 6.54 Å². The predicted molar refractivity (Wildman–Crippen MR) is 147 cm³/mol. The monoisotopic (exact) mass is 564 g/mol. The first kappa shape index (κ1) is 26.0. The van der Waals surface area contributed by atoms with E-state index in [1.165, 1.54) is 36.1 Å². The van der Waals surface area contributed by atoms with Gasteiger partial charge in [-0.25, -0.2) is 23.6 Å². The van der Waals surface area contributed by atoms with Crippen LogP contribution in [-0.2, 0) is 18.0 Å². The molecule has 2 N–H and O–H groups in total. The number of halogens is 2. The Hall–Kier alpha value is -4.23. The van der Waals surface area contributed by atoms with Crippen LogP contribution in [0.1, 0.15) is 25.0 Å². The Morgan fingerprint density at radius 2 is 1.98 bits per heavy atom. The zero-order valence-corrected chi connectivity index (χ0v) is 22.7. The van der Waals surface area contributed by atoms with Gasteiger partial charge in [0.05, 0.1) is 29.5 Å². The van der Waals surface area contributed by atoms with Gasteiger partial charge in [0.15, 0.2) is 45.8 Å². The molecular formula is C27H28F2N9OS+. The molecule has 1 aromatic carbocycles. The van der Waals surface area contributed by atoms with Gasteiger partial charge in [-0.3, -0.25) is 13.9 Å². The van der Waals surface area contributed by atoms with E-state index in [9.17, 15) is 13.6 Å². The largest absolute Gasteiger partial charge is 0.324 e. The van der Waals surface area contributed by atoms with Crippen LogP contribution in [0.3, 0.4) is 0 Å². The van der Waals surface area contributed by atoms with Crippen molar-refractivity contribution in [1.82, 2.24) is 29.0 Å². The van der Waals surface area contributed by atoms with E-state index in [1.807, 2.05) is 23.6 Å². The third-order valence-corrected chi connectivity index (χ3v) is 7.62. The van der Waals surface area contributed by atoms with Gasteiger partial charge in [0.25, 0.3) is 0 Å². The summed E-state index contributed by atoms with van der Waals surface area (Å²) >= 11 is 1.64. The highest BCUT2D eigenvalue weighted by atomic mass is 32.1. The molecule has 1 amide bonds. The summed E-state index contributed by atoms with van der Waals surface area (Å²) in [5.74, 6) is -2.02. The maximum Gasteiger partial charge on any atom is 0.246 e. The number of carbonyl (C=O) groups excluding carboxylic acids is 1. The van der Waals surface area contributed by atoms with Crippen LogP contribution in [0.4, 0.5) is 25.3 Å². The van der Waals surface area contributed by atoms with Crippen molar-refractivity contribution >= 4 is 39.6 Å². The van der Waals surface area contributed by atoms with Crippen LogP contribution in [0.15, 0.2) is 55.2 Å². The van der Waals surface area contributed by atoms with Crippen LogP contribution in [0, 0.1) is 18.6 Å². The summed E-state index contributed by atoms with van der Waals surface area (Å²) in [6.45, 7) is 4.90. The minimum atomic E-state index is -1.10. The van der Waals surface area contributed by atoms with Gasteiger partial charge in [0.2, 0.25) is 12.6 Å². The first-order chi connectivity index (χ1) is 19.4. The number of benzene rings is 1. The van der Waals surface area contributed by atoms with E-state index in [4.69, 9.17) is 0 Å². The third-order valence-electron chi connectivity index (χ3n) is 6.71. The highest BCUT2D eigenvalue weighted by Crippen LogP contribution is 2.27. The molecule has 0 bridgehead atoms. The molecule has 206 valence electrons. The van der Waals surface area contributed by atoms with Gasteiger partial charge in [-0.05, 0) is 31.9 Å². The fourth-order valence-corrected chi connectivity index (χ4v) is 5.68. The number of rotatable bonds is 8. The molecule has 0 saturated carbocycles. The summed E-state index contributed by atoms with van der Waals surface area (Å²) < 4.78 is 32.9. The smallest absolute Gasteiger partial charge is 0.246 e. The molecule has 40 heavy (non-hydrogen) atoms. The molecule has 1 saturated heterocycles. The number of aromatic nitrogens is 6. The Morgan fingerprint density at radius 1 is 1.12 bits per heavy atom. The molecule has 10 nitrogen and oxygen atoms in total. The zero-order chi connectivity index (χ0) is 27.6. The molecule has 13 heteroatoms. The lowest BCUT2D eigenvalue weighted by Crippen LogP contribution is -2.42. The first-order valence-corrected chi connectivity index (χ1v) is 13.8. The Balaban J connectivity index is 1.18. The van der Waals surface area contributed by atoms with Crippen molar-refractivity contribution < 1.29 is 17.5 Å². The van der Waals surface area contributed by atoms with E-state index in [0.29, 0.717) is 11.5 Å². The predicted octanol–water partition coefficient (Wildman–Crippen LogP) is 4.35. The molecule has 5 heterocycles. The highest BCUT2D eigenvalue weighted by Gasteiger charge is 2.19. The number of hydrogen-bond acceptors (Lipinski definition) is 7. The zero-order valence-electron chi connectivity index (χ0n) is 21.8. The van der Waals surface area contributed by atoms with Crippen molar-refractivity contribution in [3.63, 3.8) is 0 Å². The van der Waals surface area contributed by atoms with Crippen molar-refractivity contribution in [2.45, 2.75) is 39.4 Å². The highest BCUT2D eigenvalue weighted by molar-refractivity contribution is 7.06. The van der Waals surface area contributed by atoms with Crippen LogP contribution in [0.5, 0.6) is 0 Å². The number of likely N-dealkylation sites (tertiary alicyclic amines) is 1. The molecule has 0 atom stereocenters. The quantitative estimate of drug-likeness (QED) is 0.272. The topological polar surface area (TPSA) is 96.3 Å². The lowest BCUT2D eigenvalue weighted by atomic mass is 10.1. The van der Waals surface area contributed by atoms with Crippen molar-refractivity contribution in [3.05, 3.63) is 72.6 Å². The SMILES string of the molecule is Cc1cn2c(-c3cnn(CC(=O)Nc4cccc(F)c4F)c3)cnc2c(Nc2cc[n+](CN3CCCCC3)s2)n1. The van der Waals surface area contributed by atoms with Crippen LogP contribution in [0.2, 0.25) is 0 Å². The maximum atomic E-state index is 13.9. The third kappa shape index (κ3) is 5.56. The van der Waals surface area contributed by atoms with E-state index in [0.717, 1.165) is 47.8 Å². The van der Waals surface area contributed by atoms with Crippen molar-refractivity contribution in [3.8, 4) is 11.3 Å². The number of aryl methyl sites for hydroxylation is 1. The van der Waals surface area contributed by atoms with Gasteiger partial charge in [-0.1, -0.05) is 12.5 Å². The van der Waals surface area contributed by atoms with Gasteiger partial charge in [0, 0.05) is 37.1 Å². The molecule has 5 aromatic rings. The van der Waals surface area contributed by atoms with Crippen LogP contribution in [-0.4, -0.2) is 48.0 Å². The van der Waals surface area contributed by atoms with E-state index in [1.54, 1.807) is 30.1 Å². The summed E-state index contributed by atoms with van der Waals surface area (Å²) in [5.41, 5.74) is 2.76.